The highest BCUT2D eigenvalue weighted by molar-refractivity contribution is 5.87. The molecule has 3 rings (SSSR count). The molecule has 0 saturated carbocycles. The molecule has 0 aliphatic carbocycles. The summed E-state index contributed by atoms with van der Waals surface area (Å²) in [6.45, 7) is 1.26. The average molecular weight is 291 g/mol. The highest BCUT2D eigenvalue weighted by atomic mass is 16.5. The van der Waals surface area contributed by atoms with Crippen molar-refractivity contribution in [1.29, 1.82) is 0 Å². The predicted octanol–water partition coefficient (Wildman–Crippen LogP) is 0.0436. The number of ether oxygens (including phenoxy) is 1. The van der Waals surface area contributed by atoms with E-state index in [0.29, 0.717) is 6.54 Å². The fourth-order valence-corrected chi connectivity index (χ4v) is 2.93. The molecule has 0 spiro atoms. The van der Waals surface area contributed by atoms with Crippen LogP contribution in [0.25, 0.3) is 0 Å². The summed E-state index contributed by atoms with van der Waals surface area (Å²) in [4.78, 5) is 27.4. The molecular weight excluding hydrogens is 274 g/mol. The number of aromatic nitrogens is 2. The molecule has 2 bridgehead atoms. The number of hydrogen-bond acceptors (Lipinski definition) is 4. The molecule has 4 atom stereocenters. The van der Waals surface area contributed by atoms with Crippen molar-refractivity contribution in [2.45, 2.75) is 25.2 Å². The first-order valence-corrected chi connectivity index (χ1v) is 6.97. The van der Waals surface area contributed by atoms with Crippen molar-refractivity contribution in [2.24, 2.45) is 11.8 Å². The molecule has 7 nitrogen and oxygen atoms in total. The number of aryl methyl sites for hydroxylation is 1. The number of hydrogen-bond donors (Lipinski definition) is 2. The van der Waals surface area contributed by atoms with Gasteiger partial charge >= 0.3 is 5.97 Å². The van der Waals surface area contributed by atoms with Crippen LogP contribution >= 0.6 is 0 Å². The van der Waals surface area contributed by atoms with Gasteiger partial charge in [0.15, 0.2) is 0 Å². The number of imidazole rings is 1. The summed E-state index contributed by atoms with van der Waals surface area (Å²) >= 11 is 0. The van der Waals surface area contributed by atoms with E-state index in [1.807, 2.05) is 10.8 Å². The van der Waals surface area contributed by atoms with E-state index in [1.165, 1.54) is 0 Å². The van der Waals surface area contributed by atoms with Gasteiger partial charge in [-0.2, -0.15) is 0 Å². The third-order valence-electron chi connectivity index (χ3n) is 3.94. The van der Waals surface area contributed by atoms with Crippen LogP contribution in [0.5, 0.6) is 0 Å². The molecule has 2 aliphatic heterocycles. The van der Waals surface area contributed by atoms with Crippen molar-refractivity contribution in [1.82, 2.24) is 14.9 Å². The van der Waals surface area contributed by atoms with E-state index in [0.717, 1.165) is 13.0 Å². The summed E-state index contributed by atoms with van der Waals surface area (Å²) in [5.74, 6) is -2.64. The predicted molar refractivity (Wildman–Crippen MR) is 72.3 cm³/mol. The van der Waals surface area contributed by atoms with E-state index >= 15 is 0 Å². The Kier molecular flexibility index (Phi) is 3.74. The highest BCUT2D eigenvalue weighted by Crippen LogP contribution is 2.39. The van der Waals surface area contributed by atoms with Crippen LogP contribution in [0.2, 0.25) is 0 Å². The van der Waals surface area contributed by atoms with E-state index in [2.05, 4.69) is 10.3 Å². The van der Waals surface area contributed by atoms with Crippen molar-refractivity contribution >= 4 is 11.9 Å². The van der Waals surface area contributed by atoms with Crippen LogP contribution in [-0.4, -0.2) is 45.3 Å². The van der Waals surface area contributed by atoms with Gasteiger partial charge in [-0.1, -0.05) is 12.2 Å². The Bertz CT molecular complexity index is 555. The Balaban J connectivity index is 1.51. The molecule has 7 heteroatoms. The van der Waals surface area contributed by atoms with Crippen LogP contribution in [0, 0.1) is 11.8 Å². The summed E-state index contributed by atoms with van der Waals surface area (Å²) in [6.07, 6.45) is 8.66. The number of nitrogens with one attached hydrogen (secondary N) is 1. The van der Waals surface area contributed by atoms with Gasteiger partial charge in [-0.15, -0.1) is 0 Å². The fourth-order valence-electron chi connectivity index (χ4n) is 2.93. The Labute approximate surface area is 121 Å². The quantitative estimate of drug-likeness (QED) is 0.570. The minimum atomic E-state index is -0.981. The molecule has 0 aromatic carbocycles. The first-order valence-electron chi connectivity index (χ1n) is 6.97. The van der Waals surface area contributed by atoms with Gasteiger partial charge in [0.1, 0.15) is 5.92 Å². The molecule has 1 saturated heterocycles. The van der Waals surface area contributed by atoms with Gasteiger partial charge in [-0.25, -0.2) is 4.98 Å². The van der Waals surface area contributed by atoms with Crippen LogP contribution in [0.1, 0.15) is 6.42 Å². The third kappa shape index (κ3) is 2.69. The van der Waals surface area contributed by atoms with E-state index in [9.17, 15) is 14.7 Å². The molecule has 1 aromatic rings. The average Bonchev–Trinajstić information content (AvgIpc) is 3.18. The SMILES string of the molecule is O=C(O)[C@@H]1[C@H](C(=O)NCCCn2ccnc2)[C@@H]2C=C[C@@H]1O2. The van der Waals surface area contributed by atoms with Crippen LogP contribution in [0.3, 0.4) is 0 Å². The standard InChI is InChI=1S/C14H17N3O4/c18-13(16-4-1-6-17-7-5-15-8-17)11-9-2-3-10(21-9)12(11)14(19)20/h2-3,5,7-12H,1,4,6H2,(H,16,18)(H,19,20)/t9-,10-,11+,12-/m0/s1. The maximum absolute atomic E-state index is 12.2. The summed E-state index contributed by atoms with van der Waals surface area (Å²) in [6, 6.07) is 0. The fraction of sp³-hybridized carbons (Fsp3) is 0.500. The van der Waals surface area contributed by atoms with Crippen LogP contribution < -0.4 is 5.32 Å². The van der Waals surface area contributed by atoms with Crippen molar-refractivity contribution in [2.75, 3.05) is 6.54 Å². The van der Waals surface area contributed by atoms with E-state index in [1.54, 1.807) is 24.7 Å². The monoisotopic (exact) mass is 291 g/mol. The second kappa shape index (κ2) is 5.69. The maximum atomic E-state index is 12.2. The molecule has 0 radical (unpaired) electrons. The summed E-state index contributed by atoms with van der Waals surface area (Å²) in [5, 5.41) is 12.1. The largest absolute Gasteiger partial charge is 0.481 e. The molecule has 21 heavy (non-hydrogen) atoms. The zero-order valence-corrected chi connectivity index (χ0v) is 11.4. The molecular formula is C14H17N3O4. The Morgan fingerprint density at radius 1 is 1.29 bits per heavy atom. The van der Waals surface area contributed by atoms with Gasteiger partial charge < -0.3 is 19.7 Å². The number of carbonyl (C=O) groups excluding carboxylic acids is 1. The smallest absolute Gasteiger partial charge is 0.310 e. The number of fused-ring (bicyclic) bond motifs is 2. The minimum absolute atomic E-state index is 0.245. The van der Waals surface area contributed by atoms with Crippen molar-refractivity contribution in [3.63, 3.8) is 0 Å². The number of aliphatic carboxylic acids is 1. The van der Waals surface area contributed by atoms with Gasteiger partial charge in [-0.3, -0.25) is 9.59 Å². The highest BCUT2D eigenvalue weighted by Gasteiger charge is 2.53. The molecule has 1 aromatic heterocycles. The van der Waals surface area contributed by atoms with Gasteiger partial charge in [0.25, 0.3) is 0 Å². The number of carboxylic acids is 1. The van der Waals surface area contributed by atoms with E-state index < -0.39 is 30.0 Å². The molecule has 0 unspecified atom stereocenters. The molecule has 3 heterocycles. The lowest BCUT2D eigenvalue weighted by Gasteiger charge is -2.20. The Morgan fingerprint density at radius 3 is 2.71 bits per heavy atom. The number of carbonyl (C=O) groups is 2. The molecule has 1 fully saturated rings. The van der Waals surface area contributed by atoms with Crippen molar-refractivity contribution in [3.8, 4) is 0 Å². The van der Waals surface area contributed by atoms with Gasteiger partial charge in [-0.05, 0) is 6.42 Å². The lowest BCUT2D eigenvalue weighted by atomic mass is 9.82. The first-order chi connectivity index (χ1) is 10.2. The second-order valence-corrected chi connectivity index (χ2v) is 5.29. The van der Waals surface area contributed by atoms with Crippen LogP contribution in [0.4, 0.5) is 0 Å². The number of rotatable bonds is 6. The lowest BCUT2D eigenvalue weighted by Crippen LogP contribution is -2.42. The Hall–Kier alpha value is -2.15. The van der Waals surface area contributed by atoms with Crippen molar-refractivity contribution < 1.29 is 19.4 Å². The molecule has 1 amide bonds. The van der Waals surface area contributed by atoms with Crippen LogP contribution in [-0.2, 0) is 20.9 Å². The van der Waals surface area contributed by atoms with Gasteiger partial charge in [0, 0.05) is 25.5 Å². The summed E-state index contributed by atoms with van der Waals surface area (Å²) in [7, 11) is 0. The summed E-state index contributed by atoms with van der Waals surface area (Å²) < 4.78 is 7.41. The van der Waals surface area contributed by atoms with E-state index in [4.69, 9.17) is 4.74 Å². The van der Waals surface area contributed by atoms with E-state index in [-0.39, 0.29) is 5.91 Å². The van der Waals surface area contributed by atoms with Gasteiger partial charge in [0.2, 0.25) is 5.91 Å². The zero-order chi connectivity index (χ0) is 14.8. The Morgan fingerprint density at radius 2 is 2.05 bits per heavy atom. The molecule has 112 valence electrons. The lowest BCUT2D eigenvalue weighted by molar-refractivity contribution is -0.146. The second-order valence-electron chi connectivity index (χ2n) is 5.29. The number of carboxylic acid groups (broad SMARTS) is 1. The molecule has 2 aliphatic rings. The van der Waals surface area contributed by atoms with Crippen molar-refractivity contribution in [3.05, 3.63) is 30.9 Å². The number of nitrogens with zero attached hydrogens (tertiary/aromatic N) is 2. The summed E-state index contributed by atoms with van der Waals surface area (Å²) in [5.41, 5.74) is 0. The third-order valence-corrected chi connectivity index (χ3v) is 3.94. The molecule has 2 N–H and O–H groups in total. The normalized spacial score (nSPS) is 29.7. The number of amides is 1. The topological polar surface area (TPSA) is 93.4 Å². The first kappa shape index (κ1) is 13.8. The zero-order valence-electron chi connectivity index (χ0n) is 11.4. The van der Waals surface area contributed by atoms with Crippen LogP contribution in [0.15, 0.2) is 30.9 Å². The maximum Gasteiger partial charge on any atom is 0.310 e. The van der Waals surface area contributed by atoms with Gasteiger partial charge in [0.05, 0.1) is 24.5 Å². The minimum Gasteiger partial charge on any atom is -0.481 e.